The first-order valence-electron chi connectivity index (χ1n) is 9.44. The maximum atomic E-state index is 13.3. The summed E-state index contributed by atoms with van der Waals surface area (Å²) in [5.74, 6) is -0.685. The number of benzene rings is 3. The molecule has 0 saturated carbocycles. The van der Waals surface area contributed by atoms with Gasteiger partial charge in [0.2, 0.25) is 5.91 Å². The molecular formula is C24H25NO3S. The highest BCUT2D eigenvalue weighted by atomic mass is 32.2. The van der Waals surface area contributed by atoms with Gasteiger partial charge < -0.3 is 5.32 Å². The topological polar surface area (TPSA) is 63.2 Å². The summed E-state index contributed by atoms with van der Waals surface area (Å²) < 4.78 is 26.2. The van der Waals surface area contributed by atoms with E-state index in [0.717, 1.165) is 11.1 Å². The smallest absolute Gasteiger partial charge is 0.235 e. The van der Waals surface area contributed by atoms with Gasteiger partial charge in [-0.05, 0) is 50.6 Å². The molecule has 5 heteroatoms. The van der Waals surface area contributed by atoms with Crippen molar-refractivity contribution in [3.63, 3.8) is 0 Å². The fraction of sp³-hybridized carbons (Fsp3) is 0.208. The highest BCUT2D eigenvalue weighted by Crippen LogP contribution is 2.30. The number of carbonyl (C=O) groups excluding carboxylic acids is 1. The highest BCUT2D eigenvalue weighted by molar-refractivity contribution is 7.91. The molecule has 1 amide bonds. The molecule has 0 aliphatic rings. The van der Waals surface area contributed by atoms with E-state index in [2.05, 4.69) is 5.32 Å². The number of nitrogens with one attached hydrogen (secondary N) is 1. The SMILES string of the molecule is Cc1ccc(NC(=O)C(C)(CS(=O)(=O)c2ccccc2)c2ccc(C)cc2)cc1. The van der Waals surface area contributed by atoms with Crippen molar-refractivity contribution < 1.29 is 13.2 Å². The molecule has 3 rings (SSSR count). The van der Waals surface area contributed by atoms with E-state index in [1.165, 1.54) is 0 Å². The monoisotopic (exact) mass is 407 g/mol. The van der Waals surface area contributed by atoms with Crippen LogP contribution >= 0.6 is 0 Å². The van der Waals surface area contributed by atoms with Gasteiger partial charge in [0.1, 0.15) is 0 Å². The fourth-order valence-electron chi connectivity index (χ4n) is 3.20. The number of hydrogen-bond acceptors (Lipinski definition) is 3. The lowest BCUT2D eigenvalue weighted by atomic mass is 9.83. The molecule has 3 aromatic carbocycles. The van der Waals surface area contributed by atoms with Gasteiger partial charge in [0.25, 0.3) is 0 Å². The molecule has 1 unspecified atom stereocenters. The number of sulfone groups is 1. The summed E-state index contributed by atoms with van der Waals surface area (Å²) in [5.41, 5.74) is 2.16. The van der Waals surface area contributed by atoms with E-state index in [1.807, 2.05) is 62.4 Å². The van der Waals surface area contributed by atoms with Gasteiger partial charge in [-0.25, -0.2) is 8.42 Å². The molecule has 1 atom stereocenters. The first-order chi connectivity index (χ1) is 13.7. The van der Waals surface area contributed by atoms with Crippen molar-refractivity contribution in [2.75, 3.05) is 11.1 Å². The van der Waals surface area contributed by atoms with Gasteiger partial charge in [-0.15, -0.1) is 0 Å². The Hall–Kier alpha value is -2.92. The summed E-state index contributed by atoms with van der Waals surface area (Å²) in [6.07, 6.45) is 0. The van der Waals surface area contributed by atoms with Crippen LogP contribution in [0.4, 0.5) is 5.69 Å². The number of carbonyl (C=O) groups is 1. The molecule has 0 aliphatic heterocycles. The maximum absolute atomic E-state index is 13.3. The zero-order chi connectivity index (χ0) is 21.1. The number of anilines is 1. The Morgan fingerprint density at radius 1 is 0.828 bits per heavy atom. The molecular weight excluding hydrogens is 382 g/mol. The van der Waals surface area contributed by atoms with Gasteiger partial charge in [-0.3, -0.25) is 4.79 Å². The van der Waals surface area contributed by atoms with Crippen LogP contribution in [0.2, 0.25) is 0 Å². The lowest BCUT2D eigenvalue weighted by Crippen LogP contribution is -2.43. The molecule has 1 N–H and O–H groups in total. The second-order valence-corrected chi connectivity index (χ2v) is 9.58. The summed E-state index contributed by atoms with van der Waals surface area (Å²) in [6, 6.07) is 23.1. The molecule has 0 aliphatic carbocycles. The van der Waals surface area contributed by atoms with Crippen molar-refractivity contribution in [2.45, 2.75) is 31.1 Å². The molecule has 0 aromatic heterocycles. The molecule has 0 fully saturated rings. The molecule has 0 radical (unpaired) electrons. The first kappa shape index (κ1) is 20.8. The zero-order valence-electron chi connectivity index (χ0n) is 16.8. The normalized spacial score (nSPS) is 13.5. The van der Waals surface area contributed by atoms with Gasteiger partial charge in [-0.1, -0.05) is 65.7 Å². The van der Waals surface area contributed by atoms with Crippen molar-refractivity contribution in [1.29, 1.82) is 0 Å². The number of amides is 1. The maximum Gasteiger partial charge on any atom is 0.235 e. The van der Waals surface area contributed by atoms with Crippen molar-refractivity contribution >= 4 is 21.4 Å². The molecule has 0 saturated heterocycles. The second kappa shape index (κ2) is 8.21. The summed E-state index contributed by atoms with van der Waals surface area (Å²) >= 11 is 0. The Labute approximate surface area is 172 Å². The number of aryl methyl sites for hydroxylation is 2. The predicted molar refractivity (Wildman–Crippen MR) is 117 cm³/mol. The highest BCUT2D eigenvalue weighted by Gasteiger charge is 2.40. The summed E-state index contributed by atoms with van der Waals surface area (Å²) in [7, 11) is -3.68. The van der Waals surface area contributed by atoms with Crippen LogP contribution in [0.25, 0.3) is 0 Å². The van der Waals surface area contributed by atoms with Crippen molar-refractivity contribution in [3.8, 4) is 0 Å². The van der Waals surface area contributed by atoms with Crippen molar-refractivity contribution in [2.24, 2.45) is 0 Å². The summed E-state index contributed by atoms with van der Waals surface area (Å²) in [6.45, 7) is 5.60. The molecule has 0 spiro atoms. The van der Waals surface area contributed by atoms with Crippen LogP contribution in [0, 0.1) is 13.8 Å². The van der Waals surface area contributed by atoms with E-state index in [0.29, 0.717) is 11.3 Å². The van der Waals surface area contributed by atoms with Crippen LogP contribution in [0.1, 0.15) is 23.6 Å². The Morgan fingerprint density at radius 3 is 1.90 bits per heavy atom. The number of rotatable bonds is 6. The summed E-state index contributed by atoms with van der Waals surface area (Å²) in [4.78, 5) is 13.5. The first-order valence-corrected chi connectivity index (χ1v) is 11.1. The van der Waals surface area contributed by atoms with E-state index < -0.39 is 15.3 Å². The second-order valence-electron chi connectivity index (χ2n) is 7.59. The van der Waals surface area contributed by atoms with Crippen molar-refractivity contribution in [3.05, 3.63) is 95.6 Å². The Balaban J connectivity index is 2.00. The van der Waals surface area contributed by atoms with Crippen LogP contribution in [-0.2, 0) is 20.0 Å². The van der Waals surface area contributed by atoms with Gasteiger partial charge in [0, 0.05) is 5.69 Å². The molecule has 150 valence electrons. The molecule has 0 heterocycles. The Morgan fingerprint density at radius 2 is 1.34 bits per heavy atom. The van der Waals surface area contributed by atoms with Gasteiger partial charge in [0.05, 0.1) is 16.1 Å². The third-order valence-corrected chi connectivity index (χ3v) is 7.03. The largest absolute Gasteiger partial charge is 0.325 e. The minimum absolute atomic E-state index is 0.210. The minimum atomic E-state index is -3.68. The van der Waals surface area contributed by atoms with Crippen LogP contribution in [-0.4, -0.2) is 20.1 Å². The van der Waals surface area contributed by atoms with Gasteiger partial charge in [-0.2, -0.15) is 0 Å². The molecule has 29 heavy (non-hydrogen) atoms. The van der Waals surface area contributed by atoms with E-state index in [1.54, 1.807) is 37.3 Å². The fourth-order valence-corrected chi connectivity index (χ4v) is 4.99. The van der Waals surface area contributed by atoms with Crippen LogP contribution in [0.3, 0.4) is 0 Å². The van der Waals surface area contributed by atoms with Gasteiger partial charge in [0.15, 0.2) is 9.84 Å². The van der Waals surface area contributed by atoms with Crippen molar-refractivity contribution in [1.82, 2.24) is 0 Å². The quantitative estimate of drug-likeness (QED) is 0.646. The van der Waals surface area contributed by atoms with Crippen LogP contribution < -0.4 is 5.32 Å². The van der Waals surface area contributed by atoms with Crippen LogP contribution in [0.5, 0.6) is 0 Å². The van der Waals surface area contributed by atoms with E-state index in [4.69, 9.17) is 0 Å². The Kier molecular flexibility index (Phi) is 5.89. The summed E-state index contributed by atoms with van der Waals surface area (Å²) in [5, 5.41) is 2.89. The van der Waals surface area contributed by atoms with Gasteiger partial charge >= 0.3 is 0 Å². The van der Waals surface area contributed by atoms with E-state index >= 15 is 0 Å². The molecule has 4 nitrogen and oxygen atoms in total. The molecule has 0 bridgehead atoms. The minimum Gasteiger partial charge on any atom is -0.325 e. The lowest BCUT2D eigenvalue weighted by Gasteiger charge is -2.29. The average molecular weight is 408 g/mol. The average Bonchev–Trinajstić information content (AvgIpc) is 2.70. The lowest BCUT2D eigenvalue weighted by molar-refractivity contribution is -0.120. The third kappa shape index (κ3) is 4.74. The van der Waals surface area contributed by atoms with E-state index in [9.17, 15) is 13.2 Å². The number of hydrogen-bond donors (Lipinski definition) is 1. The van der Waals surface area contributed by atoms with E-state index in [-0.39, 0.29) is 16.6 Å². The third-order valence-electron chi connectivity index (χ3n) is 5.08. The Bertz CT molecular complexity index is 1090. The molecule has 3 aromatic rings. The standard InChI is InChI=1S/C24H25NO3S/c1-18-9-13-20(14-10-18)24(3,17-29(27,28)22-7-5-4-6-8-22)23(26)25-21-15-11-19(2)12-16-21/h4-16H,17H2,1-3H3,(H,25,26). The zero-order valence-corrected chi connectivity index (χ0v) is 17.7. The predicted octanol–water partition coefficient (Wildman–Crippen LogP) is 4.67. The van der Waals surface area contributed by atoms with Crippen LogP contribution in [0.15, 0.2) is 83.8 Å².